The highest BCUT2D eigenvalue weighted by atomic mass is 16.5. The van der Waals surface area contributed by atoms with Gasteiger partial charge in [-0.15, -0.1) is 0 Å². The Morgan fingerprint density at radius 1 is 1.30 bits per heavy atom. The van der Waals surface area contributed by atoms with Gasteiger partial charge in [0.25, 0.3) is 0 Å². The number of aromatic nitrogens is 2. The molecule has 0 bridgehead atoms. The molecule has 2 N–H and O–H groups in total. The molecule has 1 aromatic rings. The third-order valence-corrected chi connectivity index (χ3v) is 3.59. The molecular formula is C14H25N5O. The minimum atomic E-state index is 0.560. The Labute approximate surface area is 120 Å². The van der Waals surface area contributed by atoms with Gasteiger partial charge in [0.2, 0.25) is 5.88 Å². The van der Waals surface area contributed by atoms with Gasteiger partial charge in [0.15, 0.2) is 0 Å². The molecule has 0 aromatic carbocycles. The highest BCUT2D eigenvalue weighted by Crippen LogP contribution is 2.17. The normalized spacial score (nSPS) is 18.1. The first kappa shape index (κ1) is 15.0. The number of nitrogens with two attached hydrogens (primary N) is 1. The van der Waals surface area contributed by atoms with Crippen molar-refractivity contribution in [2.24, 2.45) is 11.7 Å². The first-order valence-corrected chi connectivity index (χ1v) is 7.35. The molecule has 0 amide bonds. The lowest BCUT2D eigenvalue weighted by molar-refractivity contribution is 0.226. The maximum atomic E-state index is 5.68. The van der Waals surface area contributed by atoms with Gasteiger partial charge in [0.05, 0.1) is 6.61 Å². The number of hydrogen-bond acceptors (Lipinski definition) is 6. The van der Waals surface area contributed by atoms with E-state index in [0.717, 1.165) is 45.1 Å². The summed E-state index contributed by atoms with van der Waals surface area (Å²) in [7, 11) is 0. The molecular weight excluding hydrogens is 254 g/mol. The Kier molecular flexibility index (Phi) is 5.55. The topological polar surface area (TPSA) is 67.5 Å². The molecule has 1 fully saturated rings. The number of ether oxygens (including phenoxy) is 1. The van der Waals surface area contributed by atoms with E-state index < -0.39 is 0 Å². The van der Waals surface area contributed by atoms with Crippen LogP contribution in [0.15, 0.2) is 12.4 Å². The van der Waals surface area contributed by atoms with Gasteiger partial charge in [-0.3, -0.25) is 4.90 Å². The Balaban J connectivity index is 1.88. The summed E-state index contributed by atoms with van der Waals surface area (Å²) in [6.45, 7) is 10.7. The van der Waals surface area contributed by atoms with Crippen LogP contribution in [0.2, 0.25) is 0 Å². The van der Waals surface area contributed by atoms with E-state index in [1.807, 2.05) is 13.0 Å². The van der Waals surface area contributed by atoms with Gasteiger partial charge in [0.1, 0.15) is 12.1 Å². The summed E-state index contributed by atoms with van der Waals surface area (Å²) in [5.74, 6) is 2.16. The Morgan fingerprint density at radius 2 is 2.05 bits per heavy atom. The molecule has 20 heavy (non-hydrogen) atoms. The lowest BCUT2D eigenvalue weighted by Crippen LogP contribution is -2.48. The van der Waals surface area contributed by atoms with Crippen molar-refractivity contribution in [3.63, 3.8) is 0 Å². The highest BCUT2D eigenvalue weighted by Gasteiger charge is 2.19. The van der Waals surface area contributed by atoms with Crippen molar-refractivity contribution in [2.45, 2.75) is 13.8 Å². The zero-order valence-corrected chi connectivity index (χ0v) is 12.5. The van der Waals surface area contributed by atoms with E-state index in [-0.39, 0.29) is 0 Å². The zero-order chi connectivity index (χ0) is 14.4. The number of anilines is 1. The van der Waals surface area contributed by atoms with Crippen LogP contribution >= 0.6 is 0 Å². The maximum Gasteiger partial charge on any atom is 0.218 e. The number of hydrogen-bond donors (Lipinski definition) is 1. The predicted molar refractivity (Wildman–Crippen MR) is 80.1 cm³/mol. The second-order valence-corrected chi connectivity index (χ2v) is 5.28. The van der Waals surface area contributed by atoms with Gasteiger partial charge in [-0.1, -0.05) is 6.92 Å². The van der Waals surface area contributed by atoms with E-state index in [0.29, 0.717) is 18.4 Å². The SMILES string of the molecule is CCOc1cc(N2CCN(CC(C)CN)CC2)ncn1. The summed E-state index contributed by atoms with van der Waals surface area (Å²) in [6.07, 6.45) is 1.57. The summed E-state index contributed by atoms with van der Waals surface area (Å²) in [5.41, 5.74) is 5.68. The lowest BCUT2D eigenvalue weighted by Gasteiger charge is -2.36. The molecule has 1 saturated heterocycles. The summed E-state index contributed by atoms with van der Waals surface area (Å²) in [4.78, 5) is 13.2. The van der Waals surface area contributed by atoms with E-state index in [2.05, 4.69) is 26.7 Å². The van der Waals surface area contributed by atoms with Crippen LogP contribution in [0, 0.1) is 5.92 Å². The van der Waals surface area contributed by atoms with Crippen LogP contribution in [0.5, 0.6) is 5.88 Å². The van der Waals surface area contributed by atoms with Crippen molar-refractivity contribution in [1.29, 1.82) is 0 Å². The molecule has 1 aliphatic heterocycles. The van der Waals surface area contributed by atoms with Crippen LogP contribution in [-0.4, -0.2) is 60.7 Å². The summed E-state index contributed by atoms with van der Waals surface area (Å²) >= 11 is 0. The Bertz CT molecular complexity index is 406. The highest BCUT2D eigenvalue weighted by molar-refractivity contribution is 5.41. The monoisotopic (exact) mass is 279 g/mol. The van der Waals surface area contributed by atoms with Gasteiger partial charge >= 0.3 is 0 Å². The second kappa shape index (κ2) is 7.40. The first-order valence-electron chi connectivity index (χ1n) is 7.35. The van der Waals surface area contributed by atoms with E-state index in [4.69, 9.17) is 10.5 Å². The molecule has 6 nitrogen and oxygen atoms in total. The molecule has 0 radical (unpaired) electrons. The van der Waals surface area contributed by atoms with Crippen molar-refractivity contribution >= 4 is 5.82 Å². The summed E-state index contributed by atoms with van der Waals surface area (Å²) in [6, 6.07) is 1.92. The van der Waals surface area contributed by atoms with Crippen molar-refractivity contribution in [1.82, 2.24) is 14.9 Å². The molecule has 6 heteroatoms. The molecule has 1 aromatic heterocycles. The van der Waals surface area contributed by atoms with E-state index in [1.54, 1.807) is 6.33 Å². The van der Waals surface area contributed by atoms with Crippen LogP contribution in [0.3, 0.4) is 0 Å². The fourth-order valence-electron chi connectivity index (χ4n) is 2.40. The van der Waals surface area contributed by atoms with Crippen LogP contribution < -0.4 is 15.4 Å². The second-order valence-electron chi connectivity index (χ2n) is 5.28. The molecule has 2 heterocycles. The molecule has 112 valence electrons. The smallest absolute Gasteiger partial charge is 0.218 e. The molecule has 2 rings (SSSR count). The van der Waals surface area contributed by atoms with Crippen molar-refractivity contribution < 1.29 is 4.74 Å². The lowest BCUT2D eigenvalue weighted by atomic mass is 10.1. The van der Waals surface area contributed by atoms with Crippen molar-refractivity contribution in [3.8, 4) is 5.88 Å². The maximum absolute atomic E-state index is 5.68. The first-order chi connectivity index (χ1) is 9.72. The standard InChI is InChI=1S/C14H25N5O/c1-3-20-14-8-13(16-11-17-14)19-6-4-18(5-7-19)10-12(2)9-15/h8,11-12H,3-7,9-10,15H2,1-2H3. The molecule has 0 spiro atoms. The van der Waals surface area contributed by atoms with Gasteiger partial charge in [-0.2, -0.15) is 0 Å². The largest absolute Gasteiger partial charge is 0.478 e. The van der Waals surface area contributed by atoms with Gasteiger partial charge in [-0.25, -0.2) is 9.97 Å². The number of rotatable bonds is 6. The third kappa shape index (κ3) is 4.05. The summed E-state index contributed by atoms with van der Waals surface area (Å²) < 4.78 is 5.42. The van der Waals surface area contributed by atoms with Gasteiger partial charge in [0, 0.05) is 38.8 Å². The minimum absolute atomic E-state index is 0.560. The van der Waals surface area contributed by atoms with Crippen LogP contribution in [-0.2, 0) is 0 Å². The minimum Gasteiger partial charge on any atom is -0.478 e. The average Bonchev–Trinajstić information content (AvgIpc) is 2.48. The zero-order valence-electron chi connectivity index (χ0n) is 12.5. The van der Waals surface area contributed by atoms with Crippen molar-refractivity contribution in [2.75, 3.05) is 50.8 Å². The third-order valence-electron chi connectivity index (χ3n) is 3.59. The van der Waals surface area contributed by atoms with Crippen LogP contribution in [0.4, 0.5) is 5.82 Å². The molecule has 1 unspecified atom stereocenters. The quantitative estimate of drug-likeness (QED) is 0.822. The molecule has 1 aliphatic rings. The van der Waals surface area contributed by atoms with Gasteiger partial charge < -0.3 is 15.4 Å². The number of nitrogens with zero attached hydrogens (tertiary/aromatic N) is 4. The molecule has 0 saturated carbocycles. The van der Waals surface area contributed by atoms with E-state index >= 15 is 0 Å². The fourth-order valence-corrected chi connectivity index (χ4v) is 2.40. The Hall–Kier alpha value is -1.40. The Morgan fingerprint density at radius 3 is 2.70 bits per heavy atom. The van der Waals surface area contributed by atoms with Crippen LogP contribution in [0.1, 0.15) is 13.8 Å². The van der Waals surface area contributed by atoms with Gasteiger partial charge in [-0.05, 0) is 19.4 Å². The molecule has 0 aliphatic carbocycles. The summed E-state index contributed by atoms with van der Waals surface area (Å²) in [5, 5.41) is 0. The van der Waals surface area contributed by atoms with Crippen LogP contribution in [0.25, 0.3) is 0 Å². The van der Waals surface area contributed by atoms with E-state index in [1.165, 1.54) is 0 Å². The average molecular weight is 279 g/mol. The fraction of sp³-hybridized carbons (Fsp3) is 0.714. The predicted octanol–water partition coefficient (Wildman–Crippen LogP) is 0.592. The number of piperazine rings is 1. The molecule has 1 atom stereocenters. The van der Waals surface area contributed by atoms with Crippen molar-refractivity contribution in [3.05, 3.63) is 12.4 Å². The van der Waals surface area contributed by atoms with E-state index in [9.17, 15) is 0 Å².